The van der Waals surface area contributed by atoms with Crippen molar-refractivity contribution in [2.45, 2.75) is 19.3 Å². The highest BCUT2D eigenvalue weighted by Crippen LogP contribution is 2.31. The number of nitrogens with one attached hydrogen (secondary N) is 1. The highest BCUT2D eigenvalue weighted by atomic mass is 19.3. The van der Waals surface area contributed by atoms with E-state index in [1.54, 1.807) is 0 Å². The van der Waals surface area contributed by atoms with Gasteiger partial charge in [0.25, 0.3) is 5.91 Å². The topological polar surface area (TPSA) is 81.4 Å². The molecule has 3 N–H and O–H groups in total. The zero-order chi connectivity index (χ0) is 19.3. The number of rotatable bonds is 6. The summed E-state index contributed by atoms with van der Waals surface area (Å²) in [4.78, 5) is 22.7. The molecule has 0 fully saturated rings. The van der Waals surface area contributed by atoms with E-state index >= 15 is 0 Å². The summed E-state index contributed by atoms with van der Waals surface area (Å²) in [6.07, 6.45) is -0.0595. The third kappa shape index (κ3) is 4.33. The number of ether oxygens (including phenoxy) is 1. The van der Waals surface area contributed by atoms with Gasteiger partial charge in [0.2, 0.25) is 0 Å². The van der Waals surface area contributed by atoms with Gasteiger partial charge < -0.3 is 15.8 Å². The summed E-state index contributed by atoms with van der Waals surface area (Å²) in [5.41, 5.74) is 4.75. The van der Waals surface area contributed by atoms with Crippen molar-refractivity contribution in [1.82, 2.24) is 0 Å². The van der Waals surface area contributed by atoms with E-state index in [-0.39, 0.29) is 24.3 Å². The van der Waals surface area contributed by atoms with Crippen LogP contribution in [0.3, 0.4) is 0 Å². The first kappa shape index (κ1) is 19.3. The third-order valence-electron chi connectivity index (χ3n) is 3.61. The molecule has 0 atom stereocenters. The highest BCUT2D eigenvalue weighted by molar-refractivity contribution is 5.97. The molecule has 0 heterocycles. The minimum absolute atomic E-state index is 0.0351. The lowest BCUT2D eigenvalue weighted by Crippen LogP contribution is -2.32. The molecule has 0 saturated heterocycles. The first-order valence-electron chi connectivity index (χ1n) is 7.68. The Bertz CT molecular complexity index is 811. The number of amides is 1. The molecule has 26 heavy (non-hydrogen) atoms. The van der Waals surface area contributed by atoms with Crippen molar-refractivity contribution in [1.29, 1.82) is 0 Å². The van der Waals surface area contributed by atoms with Gasteiger partial charge >= 0.3 is 11.9 Å². The van der Waals surface area contributed by atoms with E-state index in [2.05, 4.69) is 0 Å². The molecule has 0 aromatic heterocycles. The maximum absolute atomic E-state index is 14.5. The van der Waals surface area contributed by atoms with Gasteiger partial charge in [0.05, 0.1) is 12.3 Å². The molecule has 5 nitrogen and oxygen atoms in total. The van der Waals surface area contributed by atoms with Gasteiger partial charge in [0.1, 0.15) is 0 Å². The normalized spacial score (nSPS) is 11.1. The molecule has 0 bridgehead atoms. The van der Waals surface area contributed by atoms with Crippen LogP contribution < -0.4 is 11.1 Å². The van der Waals surface area contributed by atoms with Crippen molar-refractivity contribution in [3.63, 3.8) is 0 Å². The minimum Gasteiger partial charge on any atom is -0.466 e. The third-order valence-corrected chi connectivity index (χ3v) is 3.61. The Labute approximate surface area is 148 Å². The van der Waals surface area contributed by atoms with E-state index in [1.807, 2.05) is 5.32 Å². The minimum atomic E-state index is -3.84. The number of carbonyl (C=O) groups is 2. The number of nitrogen functional groups attached to an aromatic ring is 1. The predicted molar refractivity (Wildman–Crippen MR) is 90.1 cm³/mol. The van der Waals surface area contributed by atoms with Crippen LogP contribution in [-0.2, 0) is 26.7 Å². The molecule has 2 aromatic carbocycles. The van der Waals surface area contributed by atoms with Crippen molar-refractivity contribution in [3.05, 3.63) is 59.4 Å². The lowest BCUT2D eigenvalue weighted by atomic mass is 10.1. The molecular formula is C18H17F3N2O3. The SMILES string of the molecule is CC(=O)OCCc1c(N)ccc(NC(=O)C(F)(F)c2ccccc2)c1F. The second-order valence-electron chi connectivity index (χ2n) is 5.48. The van der Waals surface area contributed by atoms with Gasteiger partial charge in [-0.15, -0.1) is 0 Å². The molecule has 0 aliphatic carbocycles. The molecule has 8 heteroatoms. The van der Waals surface area contributed by atoms with Crippen LogP contribution in [0.2, 0.25) is 0 Å². The standard InChI is InChI=1S/C18H17F3N2O3/c1-11(24)26-10-9-13-14(22)7-8-15(16(13)19)23-17(25)18(20,21)12-5-3-2-4-6-12/h2-8H,9-10,22H2,1H3,(H,23,25). The zero-order valence-corrected chi connectivity index (χ0v) is 13.9. The van der Waals surface area contributed by atoms with E-state index in [9.17, 15) is 22.8 Å². The fourth-order valence-electron chi connectivity index (χ4n) is 2.26. The lowest BCUT2D eigenvalue weighted by Gasteiger charge is -2.18. The summed E-state index contributed by atoms with van der Waals surface area (Å²) in [5.74, 6) is -7.00. The second-order valence-corrected chi connectivity index (χ2v) is 5.48. The molecule has 0 unspecified atom stereocenters. The Morgan fingerprint density at radius 1 is 1.15 bits per heavy atom. The van der Waals surface area contributed by atoms with Crippen molar-refractivity contribution in [2.75, 3.05) is 17.7 Å². The summed E-state index contributed by atoms with van der Waals surface area (Å²) in [5, 5.41) is 1.89. The van der Waals surface area contributed by atoms with E-state index in [4.69, 9.17) is 10.5 Å². The Morgan fingerprint density at radius 2 is 1.81 bits per heavy atom. The van der Waals surface area contributed by atoms with E-state index in [1.165, 1.54) is 31.2 Å². The second kappa shape index (κ2) is 7.90. The largest absolute Gasteiger partial charge is 0.466 e. The zero-order valence-electron chi connectivity index (χ0n) is 13.9. The summed E-state index contributed by atoms with van der Waals surface area (Å²) in [6.45, 7) is 1.07. The summed E-state index contributed by atoms with van der Waals surface area (Å²) < 4.78 is 47.7. The van der Waals surface area contributed by atoms with Crippen LogP contribution in [0.4, 0.5) is 24.5 Å². The van der Waals surface area contributed by atoms with E-state index in [0.29, 0.717) is 0 Å². The number of halogens is 3. The average molecular weight is 366 g/mol. The Balaban J connectivity index is 2.21. The Morgan fingerprint density at radius 3 is 2.42 bits per heavy atom. The number of benzene rings is 2. The molecule has 0 saturated carbocycles. The number of anilines is 2. The van der Waals surface area contributed by atoms with Crippen LogP contribution in [0.5, 0.6) is 0 Å². The van der Waals surface area contributed by atoms with Gasteiger partial charge in [0.15, 0.2) is 5.82 Å². The molecule has 2 aromatic rings. The number of hydrogen-bond donors (Lipinski definition) is 2. The van der Waals surface area contributed by atoms with E-state index in [0.717, 1.165) is 18.2 Å². The molecule has 2 rings (SSSR count). The molecule has 0 aliphatic rings. The molecule has 0 spiro atoms. The number of esters is 1. The van der Waals surface area contributed by atoms with Crippen molar-refractivity contribution < 1.29 is 27.5 Å². The predicted octanol–water partition coefficient (Wildman–Crippen LogP) is 3.24. The molecule has 1 amide bonds. The maximum Gasteiger partial charge on any atom is 0.350 e. The number of nitrogens with two attached hydrogens (primary N) is 1. The number of hydrogen-bond acceptors (Lipinski definition) is 4. The van der Waals surface area contributed by atoms with Crippen LogP contribution in [0, 0.1) is 5.82 Å². The summed E-state index contributed by atoms with van der Waals surface area (Å²) >= 11 is 0. The highest BCUT2D eigenvalue weighted by Gasteiger charge is 2.41. The molecule has 0 aliphatic heterocycles. The monoisotopic (exact) mass is 366 g/mol. The molecular weight excluding hydrogens is 349 g/mol. The average Bonchev–Trinajstić information content (AvgIpc) is 2.60. The van der Waals surface area contributed by atoms with E-state index < -0.39 is 34.9 Å². The first-order valence-corrected chi connectivity index (χ1v) is 7.68. The summed E-state index contributed by atoms with van der Waals surface area (Å²) in [6, 6.07) is 8.85. The van der Waals surface area contributed by atoms with Crippen LogP contribution >= 0.6 is 0 Å². The van der Waals surface area contributed by atoms with Crippen LogP contribution in [-0.4, -0.2) is 18.5 Å². The number of carbonyl (C=O) groups excluding carboxylic acids is 2. The quantitative estimate of drug-likeness (QED) is 0.607. The fourth-order valence-corrected chi connectivity index (χ4v) is 2.26. The van der Waals surface area contributed by atoms with Gasteiger partial charge in [-0.05, 0) is 12.1 Å². The van der Waals surface area contributed by atoms with Gasteiger partial charge in [0, 0.05) is 30.2 Å². The van der Waals surface area contributed by atoms with Crippen LogP contribution in [0.25, 0.3) is 0 Å². The molecule has 0 radical (unpaired) electrons. The van der Waals surface area contributed by atoms with Gasteiger partial charge in [-0.2, -0.15) is 8.78 Å². The smallest absolute Gasteiger partial charge is 0.350 e. The Kier molecular flexibility index (Phi) is 5.86. The van der Waals surface area contributed by atoms with Crippen LogP contribution in [0.1, 0.15) is 18.1 Å². The van der Waals surface area contributed by atoms with Crippen molar-refractivity contribution in [3.8, 4) is 0 Å². The van der Waals surface area contributed by atoms with Crippen molar-refractivity contribution in [2.24, 2.45) is 0 Å². The maximum atomic E-state index is 14.5. The van der Waals surface area contributed by atoms with Gasteiger partial charge in [-0.25, -0.2) is 4.39 Å². The van der Waals surface area contributed by atoms with Gasteiger partial charge in [-0.1, -0.05) is 30.3 Å². The van der Waals surface area contributed by atoms with Crippen LogP contribution in [0.15, 0.2) is 42.5 Å². The molecule has 138 valence electrons. The number of alkyl halides is 2. The van der Waals surface area contributed by atoms with Gasteiger partial charge in [-0.3, -0.25) is 9.59 Å². The fraction of sp³-hybridized carbons (Fsp3) is 0.222. The van der Waals surface area contributed by atoms with Crippen molar-refractivity contribution >= 4 is 23.3 Å². The first-order chi connectivity index (χ1) is 12.2. The summed E-state index contributed by atoms with van der Waals surface area (Å²) in [7, 11) is 0. The lowest BCUT2D eigenvalue weighted by molar-refractivity contribution is -0.141. The Hall–Kier alpha value is -3.03.